The van der Waals surface area contributed by atoms with Gasteiger partial charge in [-0.05, 0) is 18.6 Å². The molecule has 4 rings (SSSR count). The van der Waals surface area contributed by atoms with E-state index in [1.54, 1.807) is 38.5 Å². The van der Waals surface area contributed by atoms with Crippen molar-refractivity contribution in [1.82, 2.24) is 9.47 Å². The molecule has 0 atom stereocenters. The number of amides is 3. The summed E-state index contributed by atoms with van der Waals surface area (Å²) in [7, 11) is 3.13. The van der Waals surface area contributed by atoms with Gasteiger partial charge in [-0.2, -0.15) is 4.99 Å². The lowest BCUT2D eigenvalue weighted by atomic mass is 10.1. The number of hydrogen-bond acceptors (Lipinski definition) is 6. The van der Waals surface area contributed by atoms with Gasteiger partial charge in [0.2, 0.25) is 0 Å². The van der Waals surface area contributed by atoms with Crippen molar-refractivity contribution in [3.63, 3.8) is 0 Å². The number of carbonyl (C=O) groups excluding carboxylic acids is 3. The molecule has 0 spiro atoms. The molecule has 0 radical (unpaired) electrons. The Labute approximate surface area is 182 Å². The van der Waals surface area contributed by atoms with Crippen LogP contribution in [0.5, 0.6) is 11.5 Å². The fourth-order valence-corrected chi connectivity index (χ4v) is 4.67. The van der Waals surface area contributed by atoms with E-state index in [0.717, 1.165) is 21.5 Å². The number of imide groups is 1. The molecule has 3 aromatic rings. The summed E-state index contributed by atoms with van der Waals surface area (Å²) in [5.41, 5.74) is 1.49. The Morgan fingerprint density at radius 2 is 1.65 bits per heavy atom. The minimum absolute atomic E-state index is 0.308. The van der Waals surface area contributed by atoms with Gasteiger partial charge in [-0.15, -0.1) is 0 Å². The number of thiazole rings is 1. The Morgan fingerprint density at radius 1 is 1.03 bits per heavy atom. The molecule has 160 valence electrons. The monoisotopic (exact) mass is 439 g/mol. The summed E-state index contributed by atoms with van der Waals surface area (Å²) in [5.74, 6) is -0.344. The second-order valence-electron chi connectivity index (χ2n) is 6.96. The van der Waals surface area contributed by atoms with E-state index in [4.69, 9.17) is 9.47 Å². The first kappa shape index (κ1) is 20.8. The molecule has 8 nitrogen and oxygen atoms in total. The summed E-state index contributed by atoms with van der Waals surface area (Å²) in [6, 6.07) is 10.2. The Hall–Kier alpha value is -3.46. The highest BCUT2D eigenvalue weighted by atomic mass is 32.1. The highest BCUT2D eigenvalue weighted by molar-refractivity contribution is 7.16. The van der Waals surface area contributed by atoms with E-state index in [-0.39, 0.29) is 0 Å². The highest BCUT2D eigenvalue weighted by Gasteiger charge is 2.36. The van der Waals surface area contributed by atoms with Crippen LogP contribution >= 0.6 is 11.3 Å². The van der Waals surface area contributed by atoms with Crippen molar-refractivity contribution in [2.75, 3.05) is 20.8 Å². The van der Waals surface area contributed by atoms with Gasteiger partial charge in [-0.25, -0.2) is 0 Å². The van der Waals surface area contributed by atoms with Crippen LogP contribution in [0.2, 0.25) is 0 Å². The predicted molar refractivity (Wildman–Crippen MR) is 116 cm³/mol. The Morgan fingerprint density at radius 3 is 2.23 bits per heavy atom. The molecule has 0 saturated heterocycles. The van der Waals surface area contributed by atoms with E-state index >= 15 is 0 Å². The molecule has 0 fully saturated rings. The summed E-state index contributed by atoms with van der Waals surface area (Å²) in [6.07, 6.45) is 0.833. The first-order chi connectivity index (χ1) is 15.0. The normalized spacial score (nSPS) is 13.8. The van der Waals surface area contributed by atoms with E-state index in [0.29, 0.717) is 34.0 Å². The number of aryl methyl sites for hydroxylation is 1. The fraction of sp³-hybridized carbons (Fsp3) is 0.273. The van der Waals surface area contributed by atoms with Gasteiger partial charge in [0.25, 0.3) is 17.7 Å². The first-order valence-electron chi connectivity index (χ1n) is 9.76. The zero-order chi connectivity index (χ0) is 22.1. The molecule has 1 aromatic heterocycles. The van der Waals surface area contributed by atoms with Gasteiger partial charge in [0.1, 0.15) is 6.54 Å². The number of aromatic nitrogens is 1. The molecule has 0 bridgehead atoms. The number of hydrogen-bond donors (Lipinski definition) is 0. The maximum Gasteiger partial charge on any atom is 0.268 e. The third-order valence-electron chi connectivity index (χ3n) is 5.03. The number of rotatable bonds is 6. The zero-order valence-electron chi connectivity index (χ0n) is 17.4. The van der Waals surface area contributed by atoms with Crippen molar-refractivity contribution >= 4 is 39.3 Å². The van der Waals surface area contributed by atoms with Crippen LogP contribution in [0.3, 0.4) is 0 Å². The first-order valence-corrected chi connectivity index (χ1v) is 10.6. The van der Waals surface area contributed by atoms with E-state index in [1.807, 2.05) is 23.6 Å². The third-order valence-corrected chi connectivity index (χ3v) is 6.07. The molecule has 3 amide bonds. The Kier molecular flexibility index (Phi) is 5.60. The summed E-state index contributed by atoms with van der Waals surface area (Å²) >= 11 is 1.34. The molecule has 31 heavy (non-hydrogen) atoms. The van der Waals surface area contributed by atoms with Crippen molar-refractivity contribution in [1.29, 1.82) is 0 Å². The molecule has 9 heteroatoms. The smallest absolute Gasteiger partial charge is 0.268 e. The van der Waals surface area contributed by atoms with Crippen molar-refractivity contribution in [3.05, 3.63) is 52.3 Å². The largest absolute Gasteiger partial charge is 0.493 e. The van der Waals surface area contributed by atoms with Crippen LogP contribution in [0.1, 0.15) is 34.1 Å². The van der Waals surface area contributed by atoms with E-state index in [2.05, 4.69) is 4.99 Å². The summed E-state index contributed by atoms with van der Waals surface area (Å²) < 4.78 is 13.6. The van der Waals surface area contributed by atoms with Crippen molar-refractivity contribution in [3.8, 4) is 11.5 Å². The average molecular weight is 439 g/mol. The van der Waals surface area contributed by atoms with Crippen LogP contribution in [0, 0.1) is 0 Å². The minimum Gasteiger partial charge on any atom is -0.493 e. The minimum atomic E-state index is -0.565. The molecular weight excluding hydrogens is 418 g/mol. The molecule has 2 aromatic carbocycles. The lowest BCUT2D eigenvalue weighted by molar-refractivity contribution is -0.118. The molecular formula is C22H21N3O5S. The molecule has 0 saturated carbocycles. The van der Waals surface area contributed by atoms with E-state index in [9.17, 15) is 14.4 Å². The van der Waals surface area contributed by atoms with Gasteiger partial charge in [-0.1, -0.05) is 30.4 Å². The molecule has 0 N–H and O–H groups in total. The topological polar surface area (TPSA) is 90.2 Å². The van der Waals surface area contributed by atoms with Crippen LogP contribution in [0.25, 0.3) is 10.2 Å². The van der Waals surface area contributed by atoms with Gasteiger partial charge < -0.3 is 14.0 Å². The standard InChI is InChI=1S/C22H21N3O5S/c1-4-9-24-15-10-16(29-2)17(30-3)11-18(15)31-22(24)23-19(26)12-25-20(27)13-7-5-6-8-14(13)21(25)28/h5-8,10-11H,4,9,12H2,1-3H3. The van der Waals surface area contributed by atoms with Crippen LogP contribution in [-0.4, -0.2) is 48.0 Å². The predicted octanol–water partition coefficient (Wildman–Crippen LogP) is 2.85. The number of benzene rings is 2. The van der Waals surface area contributed by atoms with Crippen LogP contribution in [-0.2, 0) is 11.3 Å². The Balaban J connectivity index is 1.70. The van der Waals surface area contributed by atoms with Crippen LogP contribution in [0.15, 0.2) is 41.4 Å². The Bertz CT molecular complexity index is 1240. The fourth-order valence-electron chi connectivity index (χ4n) is 3.58. The quantitative estimate of drug-likeness (QED) is 0.551. The van der Waals surface area contributed by atoms with E-state index in [1.165, 1.54) is 11.3 Å². The SMILES string of the molecule is CCCn1c(=NC(=O)CN2C(=O)c3ccccc3C2=O)sc2cc(OC)c(OC)cc21. The summed E-state index contributed by atoms with van der Waals surface area (Å²) in [6.45, 7) is 2.27. The molecule has 2 heterocycles. The number of nitrogens with zero attached hydrogens (tertiary/aromatic N) is 3. The lowest BCUT2D eigenvalue weighted by Crippen LogP contribution is -2.35. The van der Waals surface area contributed by atoms with Gasteiger partial charge in [0.15, 0.2) is 16.3 Å². The molecule has 0 unspecified atom stereocenters. The van der Waals surface area contributed by atoms with Crippen LogP contribution < -0.4 is 14.3 Å². The average Bonchev–Trinajstić information content (AvgIpc) is 3.22. The van der Waals surface area contributed by atoms with Gasteiger partial charge in [-0.3, -0.25) is 19.3 Å². The summed E-state index contributed by atoms with van der Waals surface area (Å²) in [4.78, 5) is 43.5. The number of fused-ring (bicyclic) bond motifs is 2. The van der Waals surface area contributed by atoms with Crippen molar-refractivity contribution in [2.45, 2.75) is 19.9 Å². The highest BCUT2D eigenvalue weighted by Crippen LogP contribution is 2.33. The lowest BCUT2D eigenvalue weighted by Gasteiger charge is -2.10. The number of methoxy groups -OCH3 is 2. The molecule has 1 aliphatic heterocycles. The molecule has 1 aliphatic rings. The number of ether oxygens (including phenoxy) is 2. The van der Waals surface area contributed by atoms with Crippen molar-refractivity contribution in [2.24, 2.45) is 4.99 Å². The van der Waals surface area contributed by atoms with E-state index < -0.39 is 24.3 Å². The second kappa shape index (κ2) is 8.35. The maximum absolute atomic E-state index is 12.7. The second-order valence-corrected chi connectivity index (χ2v) is 7.97. The van der Waals surface area contributed by atoms with Crippen LogP contribution in [0.4, 0.5) is 0 Å². The zero-order valence-corrected chi connectivity index (χ0v) is 18.2. The van der Waals surface area contributed by atoms with Gasteiger partial charge in [0.05, 0.1) is 35.6 Å². The third kappa shape index (κ3) is 3.61. The number of carbonyl (C=O) groups is 3. The van der Waals surface area contributed by atoms with Crippen molar-refractivity contribution < 1.29 is 23.9 Å². The van der Waals surface area contributed by atoms with Gasteiger partial charge >= 0.3 is 0 Å². The molecule has 0 aliphatic carbocycles. The van der Waals surface area contributed by atoms with Gasteiger partial charge in [0, 0.05) is 18.7 Å². The summed E-state index contributed by atoms with van der Waals surface area (Å²) in [5, 5.41) is 0. The maximum atomic E-state index is 12.7.